The fourth-order valence-corrected chi connectivity index (χ4v) is 29.3. The standard InChI is InChI=1S/3C23H23Si.Cr/c3*1-4-12-20(13-5-1)24(23-18-10-11-19-23,21-14-6-2-7-15-21)22-16-8-3-9-17-22;/h3*1-9,12-17H,10-11,18-19H2;/q3*-1;+3. The van der Waals surface area contributed by atoms with Gasteiger partial charge in [-0.2, -0.15) is 38.5 Å². The largest absolute Gasteiger partial charge is 3.00 e. The molecular weight excluding hydrogens is 965 g/mol. The van der Waals surface area contributed by atoms with Gasteiger partial charge >= 0.3 is 17.4 Å². The predicted molar refractivity (Wildman–Crippen MR) is 317 cm³/mol. The van der Waals surface area contributed by atoms with E-state index in [1.807, 2.05) is 0 Å². The molecule has 3 aliphatic rings. The number of hydrogen-bond acceptors (Lipinski definition) is 0. The molecule has 3 aliphatic carbocycles. The van der Waals surface area contributed by atoms with E-state index in [1.165, 1.54) is 124 Å². The average molecular weight is 1030 g/mol. The quantitative estimate of drug-likeness (QED) is 0.0650. The topological polar surface area (TPSA) is 0 Å². The number of rotatable bonds is 12. The van der Waals surface area contributed by atoms with Crippen molar-refractivity contribution in [3.8, 4) is 0 Å². The van der Waals surface area contributed by atoms with Crippen LogP contribution >= 0.6 is 0 Å². The summed E-state index contributed by atoms with van der Waals surface area (Å²) < 4.78 is 0. The maximum absolute atomic E-state index is 2.36. The second kappa shape index (κ2) is 25.4. The maximum atomic E-state index is 2.36. The summed E-state index contributed by atoms with van der Waals surface area (Å²) in [6.45, 7) is 0. The molecule has 0 N–H and O–H groups in total. The summed E-state index contributed by atoms with van der Waals surface area (Å²) in [5.41, 5.74) is 5.39. The molecule has 0 heterocycles. The molecule has 0 amide bonds. The van der Waals surface area contributed by atoms with Crippen molar-refractivity contribution in [1.82, 2.24) is 0 Å². The minimum atomic E-state index is -2.07. The van der Waals surface area contributed by atoms with Crippen molar-refractivity contribution < 1.29 is 17.4 Å². The van der Waals surface area contributed by atoms with E-state index in [9.17, 15) is 0 Å². The van der Waals surface area contributed by atoms with Gasteiger partial charge in [0.25, 0.3) is 0 Å². The van der Waals surface area contributed by atoms with Gasteiger partial charge < -0.3 is 0 Å². The first kappa shape index (κ1) is 52.0. The summed E-state index contributed by atoms with van der Waals surface area (Å²) in [6, 6.07) is 101. The van der Waals surface area contributed by atoms with Crippen LogP contribution in [0.2, 0.25) is 0 Å². The van der Waals surface area contributed by atoms with Crippen molar-refractivity contribution in [2.75, 3.05) is 0 Å². The van der Waals surface area contributed by atoms with E-state index >= 15 is 0 Å². The molecule has 9 aromatic rings. The van der Waals surface area contributed by atoms with Gasteiger partial charge in [-0.25, -0.2) is 0 Å². The summed E-state index contributed by atoms with van der Waals surface area (Å²) >= 11 is 0. The van der Waals surface area contributed by atoms with Crippen LogP contribution in [0.1, 0.15) is 77.0 Å². The van der Waals surface area contributed by atoms with Crippen LogP contribution in [0.3, 0.4) is 0 Å². The summed E-state index contributed by atoms with van der Waals surface area (Å²) in [5, 5.41) is 13.7. The molecule has 363 valence electrons. The van der Waals surface area contributed by atoms with Gasteiger partial charge in [0.15, 0.2) is 0 Å². The smallest absolute Gasteiger partial charge is 0.299 e. The molecule has 4 heteroatoms. The Hall–Kier alpha value is -5.84. The molecule has 73 heavy (non-hydrogen) atoms. The van der Waals surface area contributed by atoms with Crippen molar-refractivity contribution in [1.29, 1.82) is 0 Å². The van der Waals surface area contributed by atoms with E-state index < -0.39 is 24.2 Å². The van der Waals surface area contributed by atoms with Crippen LogP contribution in [-0.2, 0) is 17.4 Å². The van der Waals surface area contributed by atoms with Gasteiger partial charge in [-0.15, -0.1) is 0 Å². The molecule has 0 bridgehead atoms. The second-order valence-electron chi connectivity index (χ2n) is 20.0. The van der Waals surface area contributed by atoms with Gasteiger partial charge in [0.2, 0.25) is 0 Å². The Labute approximate surface area is 451 Å². The molecule has 0 aliphatic heterocycles. The molecular formula is C69H69CrSi3. The summed E-state index contributed by atoms with van der Waals surface area (Å²) in [7, 11) is -6.22. The molecule has 3 fully saturated rings. The molecule has 12 rings (SSSR count). The summed E-state index contributed by atoms with van der Waals surface area (Å²) in [4.78, 5) is 0. The monoisotopic (exact) mass is 1030 g/mol. The maximum Gasteiger partial charge on any atom is 3.00 e. The summed E-state index contributed by atoms with van der Waals surface area (Å²) in [6.07, 6.45) is 15.8. The van der Waals surface area contributed by atoms with E-state index in [1.54, 1.807) is 16.6 Å². The van der Waals surface area contributed by atoms with Crippen LogP contribution in [0.4, 0.5) is 0 Å². The van der Waals surface area contributed by atoms with Crippen LogP contribution in [0.25, 0.3) is 0 Å². The normalized spacial score (nSPS) is 15.3. The molecule has 0 saturated heterocycles. The first-order chi connectivity index (χ1) is 35.8. The third kappa shape index (κ3) is 10.8. The van der Waals surface area contributed by atoms with Crippen molar-refractivity contribution in [2.24, 2.45) is 0 Å². The van der Waals surface area contributed by atoms with Gasteiger partial charge in [0, 0.05) is 24.2 Å². The third-order valence-corrected chi connectivity index (χ3v) is 31.5. The number of benzene rings is 9. The predicted octanol–water partition coefficient (Wildman–Crippen LogP) is 11.5. The molecule has 9 aromatic carbocycles. The first-order valence-corrected chi connectivity index (χ1v) is 32.8. The van der Waals surface area contributed by atoms with Crippen molar-refractivity contribution >= 4 is 70.9 Å². The van der Waals surface area contributed by atoms with Crippen molar-refractivity contribution in [3.63, 3.8) is 0 Å². The van der Waals surface area contributed by atoms with Crippen LogP contribution < -0.4 is 46.7 Å². The van der Waals surface area contributed by atoms with Gasteiger partial charge in [0.05, 0.1) is 0 Å². The molecule has 0 atom stereocenters. The minimum Gasteiger partial charge on any atom is -0.299 e. The molecule has 1 radical (unpaired) electrons. The zero-order chi connectivity index (χ0) is 48.7. The van der Waals surface area contributed by atoms with Crippen molar-refractivity contribution in [2.45, 2.75) is 77.0 Å². The Kier molecular flexibility index (Phi) is 18.1. The second-order valence-corrected chi connectivity index (χ2v) is 31.8. The third-order valence-electron chi connectivity index (χ3n) is 16.1. The fourth-order valence-electron chi connectivity index (χ4n) is 13.1. The Morgan fingerprint density at radius 2 is 0.288 bits per heavy atom. The van der Waals surface area contributed by atoms with Crippen LogP contribution in [0, 0.1) is 16.6 Å². The average Bonchev–Trinajstić information content (AvgIpc) is 4.33. The molecule has 0 nitrogen and oxygen atoms in total. The Morgan fingerprint density at radius 1 is 0.178 bits per heavy atom. The van der Waals surface area contributed by atoms with E-state index in [0.717, 1.165) is 0 Å². The van der Waals surface area contributed by atoms with Gasteiger partial charge in [-0.3, -0.25) is 16.6 Å². The van der Waals surface area contributed by atoms with Crippen LogP contribution in [0.5, 0.6) is 0 Å². The Morgan fingerprint density at radius 3 is 0.397 bits per heavy atom. The zero-order valence-corrected chi connectivity index (χ0v) is 46.6. The Bertz CT molecular complexity index is 2320. The van der Waals surface area contributed by atoms with Crippen LogP contribution in [0.15, 0.2) is 273 Å². The molecule has 0 aromatic heterocycles. The van der Waals surface area contributed by atoms with E-state index in [4.69, 9.17) is 0 Å². The zero-order valence-electron chi connectivity index (χ0n) is 42.4. The first-order valence-electron chi connectivity index (χ1n) is 26.8. The van der Waals surface area contributed by atoms with E-state index in [0.29, 0.717) is 0 Å². The molecule has 0 unspecified atom stereocenters. The van der Waals surface area contributed by atoms with Crippen molar-refractivity contribution in [3.05, 3.63) is 290 Å². The fraction of sp³-hybridized carbons (Fsp3) is 0.174. The van der Waals surface area contributed by atoms with Crippen LogP contribution in [-0.4, -0.2) is 24.2 Å². The SMILES string of the molecule is [Cr+3].c1ccc([Si](c2ccccc2)(c2ccccc2)[C-]2CCCC2)cc1.c1ccc([Si](c2ccccc2)(c2ccccc2)[C-]2CCCC2)cc1.c1ccc([Si](c2ccccc2)(c2ccccc2)[C-]2CCCC2)cc1. The van der Waals surface area contributed by atoms with Gasteiger partial charge in [0.1, 0.15) is 0 Å². The van der Waals surface area contributed by atoms with Gasteiger partial charge in [-0.1, -0.05) is 358 Å². The van der Waals surface area contributed by atoms with E-state index in [2.05, 4.69) is 273 Å². The number of hydrogen-bond donors (Lipinski definition) is 0. The molecule has 0 spiro atoms. The molecule has 3 saturated carbocycles. The van der Waals surface area contributed by atoms with Gasteiger partial charge in [-0.05, 0) is 0 Å². The minimum absolute atomic E-state index is 0. The summed E-state index contributed by atoms with van der Waals surface area (Å²) in [5.74, 6) is 0. The Balaban J connectivity index is 0.000000134. The van der Waals surface area contributed by atoms with E-state index in [-0.39, 0.29) is 17.4 Å².